The number of carbonyl (C=O) groups excluding carboxylic acids is 1. The minimum Gasteiger partial charge on any atom is -0.435 e. The maximum atomic E-state index is 9.96. The van der Waals surface area contributed by atoms with E-state index in [9.17, 15) is 4.79 Å². The number of rotatable bonds is 10. The molecule has 0 amide bonds. The molecule has 1 aliphatic heterocycles. The molecular weight excluding hydrogens is 328 g/mol. The predicted octanol–water partition coefficient (Wildman–Crippen LogP) is 5.13. The zero-order valence-electron chi connectivity index (χ0n) is 16.6. The number of cyclic esters (lactones) is 1. The summed E-state index contributed by atoms with van der Waals surface area (Å²) in [4.78, 5) is 9.96. The molecule has 1 aromatic carbocycles. The highest BCUT2D eigenvalue weighted by molar-refractivity contribution is 5.73. The normalized spacial score (nSPS) is 14.3. The Hall–Kier alpha value is -1.65. The minimum absolute atomic E-state index is 0.157. The van der Waals surface area contributed by atoms with Crippen LogP contribution in [0.5, 0.6) is 0 Å². The molecule has 2 rings (SSSR count). The summed E-state index contributed by atoms with van der Waals surface area (Å²) in [5.74, 6) is 1.17. The molecule has 1 aliphatic rings. The Kier molecular flexibility index (Phi) is 11.7. The summed E-state index contributed by atoms with van der Waals surface area (Å²) in [5.41, 5.74) is 1.23. The van der Waals surface area contributed by atoms with Crippen molar-refractivity contribution in [3.05, 3.63) is 48.2 Å². The van der Waals surface area contributed by atoms with Gasteiger partial charge in [0.1, 0.15) is 0 Å². The number of esters is 1. The number of ether oxygens (including phenoxy) is 3. The van der Waals surface area contributed by atoms with E-state index >= 15 is 0 Å². The Bertz CT molecular complexity index is 498. The van der Waals surface area contributed by atoms with Crippen LogP contribution < -0.4 is 0 Å². The molecular formula is C22H34O4. The lowest BCUT2D eigenvalue weighted by Crippen LogP contribution is -2.22. The molecule has 0 N–H and O–H groups in total. The average molecular weight is 363 g/mol. The fourth-order valence-electron chi connectivity index (χ4n) is 2.35. The van der Waals surface area contributed by atoms with Gasteiger partial charge < -0.3 is 14.2 Å². The first-order valence-electron chi connectivity index (χ1n) is 9.55. The fraction of sp³-hybridized carbons (Fsp3) is 0.591. The lowest BCUT2D eigenvalue weighted by atomic mass is 10.1. The molecule has 0 aliphatic carbocycles. The Morgan fingerprint density at radius 3 is 2.31 bits per heavy atom. The van der Waals surface area contributed by atoms with Gasteiger partial charge in [0, 0.05) is 6.61 Å². The number of hydrogen-bond donors (Lipinski definition) is 0. The average Bonchev–Trinajstić information content (AvgIpc) is 3.08. The van der Waals surface area contributed by atoms with E-state index in [1.54, 1.807) is 6.08 Å². The highest BCUT2D eigenvalue weighted by Crippen LogP contribution is 2.12. The fourth-order valence-corrected chi connectivity index (χ4v) is 2.35. The van der Waals surface area contributed by atoms with Crippen molar-refractivity contribution in [3.63, 3.8) is 0 Å². The van der Waals surface area contributed by atoms with Gasteiger partial charge in [-0.05, 0) is 36.3 Å². The third-order valence-corrected chi connectivity index (χ3v) is 3.79. The van der Waals surface area contributed by atoms with Crippen molar-refractivity contribution < 1.29 is 19.0 Å². The van der Waals surface area contributed by atoms with Crippen LogP contribution in [0.3, 0.4) is 0 Å². The van der Waals surface area contributed by atoms with Crippen LogP contribution in [-0.4, -0.2) is 25.3 Å². The maximum Gasteiger partial charge on any atom is 0.314 e. The monoisotopic (exact) mass is 362 g/mol. The van der Waals surface area contributed by atoms with E-state index in [1.807, 2.05) is 6.07 Å². The van der Waals surface area contributed by atoms with Crippen molar-refractivity contribution in [2.45, 2.75) is 59.7 Å². The second kappa shape index (κ2) is 13.5. The molecule has 1 heterocycles. The van der Waals surface area contributed by atoms with Gasteiger partial charge in [-0.1, -0.05) is 58.0 Å². The molecule has 1 atom stereocenters. The summed E-state index contributed by atoms with van der Waals surface area (Å²) in [6, 6.07) is 10.3. The summed E-state index contributed by atoms with van der Waals surface area (Å²) in [5, 5.41) is 0. The largest absolute Gasteiger partial charge is 0.435 e. The zero-order chi connectivity index (χ0) is 19.2. The molecule has 0 bridgehead atoms. The second-order valence-electron chi connectivity index (χ2n) is 7.37. The van der Waals surface area contributed by atoms with Crippen LogP contribution in [0.15, 0.2) is 42.7 Å². The van der Waals surface area contributed by atoms with Crippen molar-refractivity contribution in [1.82, 2.24) is 0 Å². The number of benzene rings is 1. The third-order valence-electron chi connectivity index (χ3n) is 3.79. The van der Waals surface area contributed by atoms with Gasteiger partial charge >= 0.3 is 5.97 Å². The maximum absolute atomic E-state index is 9.96. The first-order valence-corrected chi connectivity index (χ1v) is 9.55. The molecule has 4 heteroatoms. The van der Waals surface area contributed by atoms with Crippen LogP contribution >= 0.6 is 0 Å². The number of hydrogen-bond acceptors (Lipinski definition) is 4. The summed E-state index contributed by atoms with van der Waals surface area (Å²) in [6.07, 6.45) is 5.90. The molecule has 1 aromatic rings. The first kappa shape index (κ1) is 22.4. The van der Waals surface area contributed by atoms with E-state index in [4.69, 9.17) is 9.47 Å². The van der Waals surface area contributed by atoms with Crippen molar-refractivity contribution in [1.29, 1.82) is 0 Å². The lowest BCUT2D eigenvalue weighted by Gasteiger charge is -2.20. The zero-order valence-corrected chi connectivity index (χ0v) is 16.6. The Morgan fingerprint density at radius 1 is 1.08 bits per heavy atom. The van der Waals surface area contributed by atoms with Gasteiger partial charge in [0.25, 0.3) is 0 Å². The van der Waals surface area contributed by atoms with E-state index < -0.39 is 0 Å². The highest BCUT2D eigenvalue weighted by atomic mass is 16.5. The van der Waals surface area contributed by atoms with Gasteiger partial charge in [-0.25, -0.2) is 0 Å². The van der Waals surface area contributed by atoms with Crippen LogP contribution in [0.1, 0.15) is 52.5 Å². The molecule has 0 spiro atoms. The van der Waals surface area contributed by atoms with Crippen LogP contribution in [0.2, 0.25) is 0 Å². The standard InChI is InChI=1S/C18H30O2.C4H4O2/c1-15(2)10-11-19-14-18(12-16(3)4)20-13-17-8-6-5-7-9-17;5-4-2-1-3-6-4/h5-9,15-16,18H,10-14H2,1-4H3;1,3H,2H2. The predicted molar refractivity (Wildman–Crippen MR) is 105 cm³/mol. The molecule has 146 valence electrons. The molecule has 0 saturated carbocycles. The Labute approximate surface area is 158 Å². The first-order chi connectivity index (χ1) is 12.5. The van der Waals surface area contributed by atoms with Crippen molar-refractivity contribution >= 4 is 5.97 Å². The molecule has 0 aromatic heterocycles. The summed E-state index contributed by atoms with van der Waals surface area (Å²) in [6.45, 7) is 11.1. The number of carbonyl (C=O) groups is 1. The van der Waals surface area contributed by atoms with Gasteiger partial charge in [-0.3, -0.25) is 4.79 Å². The Morgan fingerprint density at radius 2 is 1.81 bits per heavy atom. The van der Waals surface area contributed by atoms with Gasteiger partial charge in [0.05, 0.1) is 32.0 Å². The van der Waals surface area contributed by atoms with Crippen LogP contribution in [0.4, 0.5) is 0 Å². The molecule has 0 radical (unpaired) electrons. The minimum atomic E-state index is -0.157. The highest BCUT2D eigenvalue weighted by Gasteiger charge is 2.12. The van der Waals surface area contributed by atoms with Gasteiger partial charge in [0.15, 0.2) is 0 Å². The van der Waals surface area contributed by atoms with E-state index in [-0.39, 0.29) is 12.1 Å². The smallest absolute Gasteiger partial charge is 0.314 e. The van der Waals surface area contributed by atoms with Crippen LogP contribution in [-0.2, 0) is 25.6 Å². The topological polar surface area (TPSA) is 44.8 Å². The summed E-state index contributed by atoms with van der Waals surface area (Å²) in [7, 11) is 0. The molecule has 1 unspecified atom stereocenters. The van der Waals surface area contributed by atoms with Crippen molar-refractivity contribution in [3.8, 4) is 0 Å². The van der Waals surface area contributed by atoms with E-state index in [0.717, 1.165) is 19.4 Å². The molecule has 0 fully saturated rings. The molecule has 26 heavy (non-hydrogen) atoms. The molecule has 0 saturated heterocycles. The van der Waals surface area contributed by atoms with E-state index in [0.29, 0.717) is 31.5 Å². The third kappa shape index (κ3) is 11.8. The second-order valence-corrected chi connectivity index (χ2v) is 7.37. The summed E-state index contributed by atoms with van der Waals surface area (Å²) >= 11 is 0. The van der Waals surface area contributed by atoms with Crippen LogP contribution in [0.25, 0.3) is 0 Å². The van der Waals surface area contributed by atoms with Gasteiger partial charge in [0.2, 0.25) is 0 Å². The quantitative estimate of drug-likeness (QED) is 0.428. The van der Waals surface area contributed by atoms with Crippen molar-refractivity contribution in [2.75, 3.05) is 13.2 Å². The van der Waals surface area contributed by atoms with Gasteiger partial charge in [-0.15, -0.1) is 0 Å². The van der Waals surface area contributed by atoms with E-state index in [2.05, 4.69) is 56.7 Å². The van der Waals surface area contributed by atoms with E-state index in [1.165, 1.54) is 11.8 Å². The SMILES string of the molecule is CC(C)CCOCC(CC(C)C)OCc1ccccc1.O=C1CC=CO1. The van der Waals surface area contributed by atoms with Crippen LogP contribution in [0, 0.1) is 11.8 Å². The Balaban J connectivity index is 0.000000472. The van der Waals surface area contributed by atoms with Gasteiger partial charge in [-0.2, -0.15) is 0 Å². The lowest BCUT2D eigenvalue weighted by molar-refractivity contribution is -0.135. The summed E-state index contributed by atoms with van der Waals surface area (Å²) < 4.78 is 16.1. The molecule has 4 nitrogen and oxygen atoms in total. The van der Waals surface area contributed by atoms with Crippen molar-refractivity contribution in [2.24, 2.45) is 11.8 Å².